The van der Waals surface area contributed by atoms with Crippen LogP contribution in [-0.4, -0.2) is 76.9 Å². The van der Waals surface area contributed by atoms with Gasteiger partial charge < -0.3 is 25.0 Å². The van der Waals surface area contributed by atoms with E-state index in [1.165, 1.54) is 25.2 Å². The van der Waals surface area contributed by atoms with Crippen molar-refractivity contribution >= 4 is 21.8 Å². The largest absolute Gasteiger partial charge is 0.493 e. The van der Waals surface area contributed by atoms with Crippen LogP contribution in [0.2, 0.25) is 0 Å². The van der Waals surface area contributed by atoms with Crippen molar-refractivity contribution in [1.29, 1.82) is 0 Å². The normalized spacial score (nSPS) is 16.2. The first-order chi connectivity index (χ1) is 18.0. The van der Waals surface area contributed by atoms with E-state index < -0.39 is 16.2 Å². The Morgan fingerprint density at radius 3 is 2.21 bits per heavy atom. The molecule has 1 saturated heterocycles. The third kappa shape index (κ3) is 7.92. The summed E-state index contributed by atoms with van der Waals surface area (Å²) in [5, 5.41) is 5.87. The molecule has 208 valence electrons. The zero-order chi connectivity index (χ0) is 27.9. The van der Waals surface area contributed by atoms with Crippen molar-refractivity contribution in [2.24, 2.45) is 5.92 Å². The van der Waals surface area contributed by atoms with Gasteiger partial charge in [-0.2, -0.15) is 4.72 Å². The summed E-state index contributed by atoms with van der Waals surface area (Å²) >= 11 is 0. The lowest BCUT2D eigenvalue weighted by Gasteiger charge is -2.38. The van der Waals surface area contributed by atoms with E-state index in [1.54, 1.807) is 23.1 Å². The monoisotopic (exact) mass is 546 g/mol. The molecule has 2 amide bonds. The molecule has 10 nitrogen and oxygen atoms in total. The third-order valence-electron chi connectivity index (χ3n) is 6.33. The number of carbonyl (C=O) groups excluding carboxylic acids is 2. The maximum Gasteiger partial charge on any atom is 0.255 e. The fourth-order valence-electron chi connectivity index (χ4n) is 4.35. The van der Waals surface area contributed by atoms with Crippen LogP contribution in [-0.2, 0) is 14.8 Å². The fraction of sp³-hybridized carbons (Fsp3) is 0.481. The molecule has 1 aromatic rings. The number of ether oxygens (including phenoxy) is 2. The van der Waals surface area contributed by atoms with Crippen molar-refractivity contribution in [3.05, 3.63) is 48.0 Å². The fourth-order valence-corrected chi connectivity index (χ4v) is 5.09. The van der Waals surface area contributed by atoms with Crippen LogP contribution >= 0.6 is 0 Å². The van der Waals surface area contributed by atoms with Crippen molar-refractivity contribution < 1.29 is 27.5 Å². The predicted octanol–water partition coefficient (Wildman–Crippen LogP) is 2.21. The number of nitrogens with one attached hydrogen (secondary N) is 3. The lowest BCUT2D eigenvalue weighted by Crippen LogP contribution is -2.57. The number of rotatable bonds is 11. The molecule has 0 radical (unpaired) electrons. The quantitative estimate of drug-likeness (QED) is 0.249. The minimum absolute atomic E-state index is 0.0531. The van der Waals surface area contributed by atoms with E-state index in [1.807, 2.05) is 13.8 Å². The van der Waals surface area contributed by atoms with Crippen molar-refractivity contribution in [3.63, 3.8) is 0 Å². The lowest BCUT2D eigenvalue weighted by molar-refractivity contribution is -0.119. The molecule has 38 heavy (non-hydrogen) atoms. The first kappa shape index (κ1) is 29.4. The number of fused-ring (bicyclic) bond motifs is 1. The zero-order valence-electron chi connectivity index (χ0n) is 22.6. The van der Waals surface area contributed by atoms with Crippen molar-refractivity contribution in [1.82, 2.24) is 20.3 Å². The van der Waals surface area contributed by atoms with E-state index in [2.05, 4.69) is 39.6 Å². The van der Waals surface area contributed by atoms with Gasteiger partial charge in [0.25, 0.3) is 5.91 Å². The van der Waals surface area contributed by atoms with Crippen molar-refractivity contribution in [2.45, 2.75) is 39.4 Å². The zero-order valence-corrected chi connectivity index (χ0v) is 23.4. The topological polar surface area (TPSA) is 126 Å². The van der Waals surface area contributed by atoms with Gasteiger partial charge in [-0.1, -0.05) is 24.3 Å². The van der Waals surface area contributed by atoms with Gasteiger partial charge in [-0.3, -0.25) is 9.59 Å². The molecule has 1 unspecified atom stereocenters. The Kier molecular flexibility index (Phi) is 10.1. The molecule has 3 aliphatic rings. The predicted molar refractivity (Wildman–Crippen MR) is 147 cm³/mol. The first-order valence-corrected chi connectivity index (χ1v) is 14.6. The number of amides is 2. The molecule has 0 bridgehead atoms. The summed E-state index contributed by atoms with van der Waals surface area (Å²) in [6, 6.07) is 13.1. The molecular weight excluding hydrogens is 508 g/mol. The molecule has 1 heterocycles. The second-order valence-electron chi connectivity index (χ2n) is 9.67. The van der Waals surface area contributed by atoms with Gasteiger partial charge in [-0.05, 0) is 56.1 Å². The smallest absolute Gasteiger partial charge is 0.255 e. The summed E-state index contributed by atoms with van der Waals surface area (Å²) < 4.78 is 37.9. The highest BCUT2D eigenvalue weighted by atomic mass is 32.2. The molecule has 2 atom stereocenters. The van der Waals surface area contributed by atoms with Crippen LogP contribution in [0, 0.1) is 5.92 Å². The van der Waals surface area contributed by atoms with Crippen LogP contribution in [0.5, 0.6) is 11.5 Å². The molecule has 4 rings (SSSR count). The lowest BCUT2D eigenvalue weighted by atomic mass is 9.95. The second kappa shape index (κ2) is 13.1. The Bertz CT molecular complexity index is 1190. The van der Waals surface area contributed by atoms with E-state index in [0.717, 1.165) is 19.2 Å². The van der Waals surface area contributed by atoms with Crippen molar-refractivity contribution in [2.75, 3.05) is 39.6 Å². The van der Waals surface area contributed by atoms with Gasteiger partial charge in [0.2, 0.25) is 15.9 Å². The maximum atomic E-state index is 13.6. The highest BCUT2D eigenvalue weighted by Crippen LogP contribution is 2.30. The number of carbonyl (C=O) groups is 2. The molecule has 1 aromatic carbocycles. The van der Waals surface area contributed by atoms with Gasteiger partial charge in [-0.25, -0.2) is 8.42 Å². The first-order valence-electron chi connectivity index (χ1n) is 12.7. The van der Waals surface area contributed by atoms with Gasteiger partial charge in [0.05, 0.1) is 19.9 Å². The van der Waals surface area contributed by atoms with Gasteiger partial charge in [0, 0.05) is 31.0 Å². The number of sulfonamides is 1. The molecule has 0 aromatic heterocycles. The number of hydrogen-bond donors (Lipinski definition) is 3. The molecule has 1 fully saturated rings. The second-order valence-corrected chi connectivity index (χ2v) is 11.4. The van der Waals surface area contributed by atoms with Crippen LogP contribution in [0.25, 0.3) is 11.1 Å². The molecule has 0 spiro atoms. The van der Waals surface area contributed by atoms with E-state index in [4.69, 9.17) is 9.47 Å². The van der Waals surface area contributed by atoms with Crippen LogP contribution in [0.15, 0.2) is 42.5 Å². The van der Waals surface area contributed by atoms with Gasteiger partial charge in [0.15, 0.2) is 11.5 Å². The summed E-state index contributed by atoms with van der Waals surface area (Å²) in [7, 11) is -2.05. The highest BCUT2D eigenvalue weighted by Gasteiger charge is 2.36. The van der Waals surface area contributed by atoms with Gasteiger partial charge in [0.1, 0.15) is 12.8 Å². The minimum Gasteiger partial charge on any atom is -0.493 e. The molecule has 3 N–H and O–H groups in total. The number of methoxy groups -OCH3 is 1. The summed E-state index contributed by atoms with van der Waals surface area (Å²) in [5.41, 5.74) is 3.20. The van der Waals surface area contributed by atoms with Crippen LogP contribution < -0.4 is 24.8 Å². The molecular formula is C27H38N4O6S. The SMILES string of the molecule is COc1ccc(C(=O)N(C(C)C)C(NS(C)(=O)=O)[C@H]2CCNC2)cc1OCCNC(C)=O.c1cc2ccc1-2. The molecule has 1 aliphatic heterocycles. The third-order valence-corrected chi connectivity index (χ3v) is 7.00. The number of nitrogens with zero attached hydrogens (tertiary/aromatic N) is 1. The van der Waals surface area contributed by atoms with Crippen LogP contribution in [0.3, 0.4) is 0 Å². The Labute approximate surface area is 225 Å². The molecule has 2 aliphatic carbocycles. The summed E-state index contributed by atoms with van der Waals surface area (Å²) in [6.07, 6.45) is 1.17. The maximum absolute atomic E-state index is 13.6. The standard InChI is InChI=1S/C21H34N4O6S.C6H4/c1-14(2)25(20(24-32(5,28)29)17-8-9-22-13-17)21(27)16-6-7-18(30-4)19(12-16)31-11-10-23-15(3)26;1-2-6-4-3-5(1)6/h6-7,12,14,17,20,22,24H,8-11,13H2,1-5H3,(H,23,26);1-4H/t17-,20?;/m0./s1. The van der Waals surface area contributed by atoms with Crippen LogP contribution in [0.4, 0.5) is 0 Å². The molecule has 0 saturated carbocycles. The number of benzene rings is 2. The van der Waals surface area contributed by atoms with E-state index in [0.29, 0.717) is 30.2 Å². The Morgan fingerprint density at radius 1 is 1.11 bits per heavy atom. The average Bonchev–Trinajstić information content (AvgIpc) is 3.37. The summed E-state index contributed by atoms with van der Waals surface area (Å²) in [6.45, 7) is 7.01. The Morgan fingerprint density at radius 2 is 1.76 bits per heavy atom. The average molecular weight is 547 g/mol. The van der Waals surface area contributed by atoms with Crippen molar-refractivity contribution in [3.8, 4) is 22.6 Å². The van der Waals surface area contributed by atoms with Gasteiger partial charge >= 0.3 is 0 Å². The van der Waals surface area contributed by atoms with E-state index in [9.17, 15) is 18.0 Å². The highest BCUT2D eigenvalue weighted by molar-refractivity contribution is 7.88. The summed E-state index contributed by atoms with van der Waals surface area (Å²) in [4.78, 5) is 26.2. The van der Waals surface area contributed by atoms with E-state index >= 15 is 0 Å². The van der Waals surface area contributed by atoms with Gasteiger partial charge in [-0.15, -0.1) is 0 Å². The molecule has 11 heteroatoms. The summed E-state index contributed by atoms with van der Waals surface area (Å²) in [5.74, 6) is 0.279. The van der Waals surface area contributed by atoms with E-state index in [-0.39, 0.29) is 30.4 Å². The Hall–Kier alpha value is -3.15. The Balaban J connectivity index is 0.000000572. The number of hydrogen-bond acceptors (Lipinski definition) is 7. The minimum atomic E-state index is -3.55. The van der Waals surface area contributed by atoms with Crippen LogP contribution in [0.1, 0.15) is 37.6 Å².